The van der Waals surface area contributed by atoms with Crippen molar-refractivity contribution in [2.75, 3.05) is 13.7 Å². The van der Waals surface area contributed by atoms with E-state index in [0.717, 1.165) is 23.8 Å². The number of hydrogen-bond acceptors (Lipinski definition) is 9. The first-order valence-corrected chi connectivity index (χ1v) is 9.00. The van der Waals surface area contributed by atoms with Gasteiger partial charge in [-0.05, 0) is 6.42 Å². The lowest BCUT2D eigenvalue weighted by Crippen LogP contribution is -2.56. The number of methoxy groups -OCH3 is 1. The molecule has 0 aliphatic heterocycles. The molecule has 0 fully saturated rings. The number of carbonyl (C=O) groups excluding carboxylic acids is 2. The van der Waals surface area contributed by atoms with E-state index in [0.29, 0.717) is 9.13 Å². The third kappa shape index (κ3) is 6.67. The molecule has 2 N–H and O–H groups in total. The van der Waals surface area contributed by atoms with Crippen molar-refractivity contribution in [2.24, 2.45) is 0 Å². The summed E-state index contributed by atoms with van der Waals surface area (Å²) in [5.74, 6) is -1.73. The molecular weight excluding hydrogens is 402 g/mol. The summed E-state index contributed by atoms with van der Waals surface area (Å²) in [6.45, 7) is 3.41. The van der Waals surface area contributed by atoms with E-state index < -0.39 is 54.4 Å². The Bertz CT molecular complexity index is 971. The van der Waals surface area contributed by atoms with Crippen LogP contribution in [-0.2, 0) is 38.7 Å². The summed E-state index contributed by atoms with van der Waals surface area (Å²) in [6.07, 6.45) is 0.695. The second kappa shape index (κ2) is 11.7. The molecule has 2 atom stereocenters. The summed E-state index contributed by atoms with van der Waals surface area (Å²) in [6, 6.07) is 0. The largest absolute Gasteiger partial charge is 0.466 e. The number of nitrogens with zero attached hydrogens (tertiary/aromatic N) is 3. The van der Waals surface area contributed by atoms with Crippen molar-refractivity contribution < 1.29 is 29.3 Å². The second-order valence-corrected chi connectivity index (χ2v) is 6.17. The fraction of sp³-hybridized carbons (Fsp3) is 0.500. The van der Waals surface area contributed by atoms with Crippen molar-refractivity contribution in [3.05, 3.63) is 56.3 Å². The molecule has 0 amide bonds. The van der Waals surface area contributed by atoms with Gasteiger partial charge in [0.1, 0.15) is 12.7 Å². The zero-order valence-electron chi connectivity index (χ0n) is 16.7. The van der Waals surface area contributed by atoms with Crippen LogP contribution in [0.15, 0.2) is 39.2 Å². The Morgan fingerprint density at radius 1 is 0.967 bits per heavy atom. The maximum Gasteiger partial charge on any atom is 0.336 e. The number of aliphatic hydroxyl groups is 2. The molecule has 1 rings (SSSR count). The Labute approximate surface area is 170 Å². The molecule has 0 radical (unpaired) electrons. The Kier molecular flexibility index (Phi) is 9.65. The highest BCUT2D eigenvalue weighted by molar-refractivity contribution is 5.91. The number of hydrogen-bond donors (Lipinski definition) is 2. The molecule has 1 aromatic rings. The van der Waals surface area contributed by atoms with Gasteiger partial charge < -0.3 is 19.7 Å². The van der Waals surface area contributed by atoms with E-state index in [1.807, 2.05) is 0 Å². The van der Waals surface area contributed by atoms with E-state index in [1.165, 1.54) is 6.08 Å². The van der Waals surface area contributed by atoms with E-state index in [-0.39, 0.29) is 19.5 Å². The second-order valence-electron chi connectivity index (χ2n) is 6.17. The topological polar surface area (TPSA) is 159 Å². The van der Waals surface area contributed by atoms with Crippen molar-refractivity contribution >= 4 is 11.9 Å². The van der Waals surface area contributed by atoms with Crippen LogP contribution < -0.4 is 17.1 Å². The predicted octanol–water partition coefficient (Wildman–Crippen LogP) is -2.24. The van der Waals surface area contributed by atoms with Crippen LogP contribution in [-0.4, -0.2) is 61.8 Å². The third-order valence-corrected chi connectivity index (χ3v) is 3.93. The first kappa shape index (κ1) is 24.8. The molecule has 12 nitrogen and oxygen atoms in total. The van der Waals surface area contributed by atoms with Gasteiger partial charge in [0, 0.05) is 12.2 Å². The van der Waals surface area contributed by atoms with Crippen molar-refractivity contribution in [3.63, 3.8) is 0 Å². The van der Waals surface area contributed by atoms with E-state index in [4.69, 9.17) is 4.74 Å². The van der Waals surface area contributed by atoms with Gasteiger partial charge in [-0.1, -0.05) is 13.0 Å². The quantitative estimate of drug-likeness (QED) is 0.226. The van der Waals surface area contributed by atoms with Gasteiger partial charge in [-0.3, -0.25) is 0 Å². The Morgan fingerprint density at radius 2 is 1.47 bits per heavy atom. The summed E-state index contributed by atoms with van der Waals surface area (Å²) in [5.41, 5.74) is -2.92. The van der Waals surface area contributed by atoms with Crippen LogP contribution in [0.4, 0.5) is 0 Å². The first-order chi connectivity index (χ1) is 14.2. The standard InChI is InChI=1S/C18H25N3O9/c1-4-8-19-16(26)20(9-12(22)5-2)18(28)21(17(19)27)10-13(23)11-30-15(25)7-6-14(24)29-3/h4,6-7,12-13,22-23H,1,5,8-11H2,2-3H3/b7-6+. The van der Waals surface area contributed by atoms with Crippen LogP contribution in [0.1, 0.15) is 13.3 Å². The van der Waals surface area contributed by atoms with Crippen molar-refractivity contribution in [1.82, 2.24) is 13.7 Å². The Morgan fingerprint density at radius 3 is 1.97 bits per heavy atom. The summed E-state index contributed by atoms with van der Waals surface area (Å²) < 4.78 is 11.1. The molecule has 0 saturated heterocycles. The predicted molar refractivity (Wildman–Crippen MR) is 104 cm³/mol. The van der Waals surface area contributed by atoms with E-state index in [9.17, 15) is 34.2 Å². The van der Waals surface area contributed by atoms with Gasteiger partial charge in [0.25, 0.3) is 0 Å². The van der Waals surface area contributed by atoms with Gasteiger partial charge in [-0.2, -0.15) is 0 Å². The molecule has 0 saturated carbocycles. The average Bonchev–Trinajstić information content (AvgIpc) is 2.73. The molecule has 0 bridgehead atoms. The molecule has 0 aromatic carbocycles. The first-order valence-electron chi connectivity index (χ1n) is 9.00. The lowest BCUT2D eigenvalue weighted by atomic mass is 10.3. The highest BCUT2D eigenvalue weighted by atomic mass is 16.5. The number of aliphatic hydroxyl groups excluding tert-OH is 2. The fourth-order valence-corrected chi connectivity index (χ4v) is 2.31. The minimum absolute atomic E-state index is 0.191. The smallest absolute Gasteiger partial charge is 0.336 e. The zero-order valence-corrected chi connectivity index (χ0v) is 16.7. The normalized spacial score (nSPS) is 13.1. The fourth-order valence-electron chi connectivity index (χ4n) is 2.31. The van der Waals surface area contributed by atoms with Gasteiger partial charge in [-0.25, -0.2) is 37.7 Å². The van der Waals surface area contributed by atoms with E-state index in [1.54, 1.807) is 6.92 Å². The minimum Gasteiger partial charge on any atom is -0.466 e. The van der Waals surface area contributed by atoms with Crippen LogP contribution in [0.25, 0.3) is 0 Å². The third-order valence-electron chi connectivity index (χ3n) is 3.93. The van der Waals surface area contributed by atoms with Crippen molar-refractivity contribution in [3.8, 4) is 0 Å². The molecule has 1 heterocycles. The zero-order chi connectivity index (χ0) is 22.8. The summed E-state index contributed by atoms with van der Waals surface area (Å²) >= 11 is 0. The van der Waals surface area contributed by atoms with Gasteiger partial charge in [0.05, 0.1) is 32.8 Å². The maximum absolute atomic E-state index is 12.6. The van der Waals surface area contributed by atoms with Crippen molar-refractivity contribution in [2.45, 2.75) is 45.2 Å². The number of esters is 2. The molecule has 0 aliphatic carbocycles. The molecule has 0 spiro atoms. The maximum atomic E-state index is 12.6. The van der Waals surface area contributed by atoms with Crippen LogP contribution in [0.2, 0.25) is 0 Å². The molecule has 2 unspecified atom stereocenters. The summed E-state index contributed by atoms with van der Waals surface area (Å²) in [7, 11) is 1.12. The number of ether oxygens (including phenoxy) is 2. The number of rotatable bonds is 11. The van der Waals surface area contributed by atoms with Crippen LogP contribution in [0.3, 0.4) is 0 Å². The van der Waals surface area contributed by atoms with Gasteiger partial charge in [0.15, 0.2) is 0 Å². The molecule has 30 heavy (non-hydrogen) atoms. The highest BCUT2D eigenvalue weighted by Crippen LogP contribution is 1.94. The lowest BCUT2D eigenvalue weighted by Gasteiger charge is -2.17. The number of allylic oxidation sites excluding steroid dienone is 1. The average molecular weight is 427 g/mol. The van der Waals surface area contributed by atoms with Crippen LogP contribution >= 0.6 is 0 Å². The Balaban J connectivity index is 3.11. The highest BCUT2D eigenvalue weighted by Gasteiger charge is 2.19. The van der Waals surface area contributed by atoms with Crippen molar-refractivity contribution in [1.29, 1.82) is 0 Å². The van der Waals surface area contributed by atoms with Crippen LogP contribution in [0, 0.1) is 0 Å². The van der Waals surface area contributed by atoms with Crippen LogP contribution in [0.5, 0.6) is 0 Å². The minimum atomic E-state index is -1.47. The molecule has 166 valence electrons. The lowest BCUT2D eigenvalue weighted by molar-refractivity contribution is -0.141. The van der Waals surface area contributed by atoms with E-state index in [2.05, 4.69) is 11.3 Å². The van der Waals surface area contributed by atoms with Gasteiger partial charge in [-0.15, -0.1) is 6.58 Å². The molecule has 1 aromatic heterocycles. The molecule has 0 aliphatic rings. The monoisotopic (exact) mass is 427 g/mol. The molecular formula is C18H25N3O9. The van der Waals surface area contributed by atoms with E-state index >= 15 is 0 Å². The van der Waals surface area contributed by atoms with Gasteiger partial charge in [0.2, 0.25) is 0 Å². The summed E-state index contributed by atoms with van der Waals surface area (Å²) in [5, 5.41) is 19.9. The SMILES string of the molecule is C=CCn1c(=O)n(CC(O)CC)c(=O)n(CC(O)COC(=O)/C=C/C(=O)OC)c1=O. The Hall–Kier alpha value is -3.25. The number of carbonyl (C=O) groups is 2. The van der Waals surface area contributed by atoms with Gasteiger partial charge >= 0.3 is 29.0 Å². The summed E-state index contributed by atoms with van der Waals surface area (Å²) in [4.78, 5) is 60.0. The molecule has 12 heteroatoms. The number of aromatic nitrogens is 3.